The fourth-order valence-electron chi connectivity index (χ4n) is 1.67. The summed E-state index contributed by atoms with van der Waals surface area (Å²) in [5.74, 6) is 0. The van der Waals surface area contributed by atoms with Gasteiger partial charge in [-0.3, -0.25) is 0 Å². The third kappa shape index (κ3) is 3.51. The third-order valence-corrected chi connectivity index (χ3v) is 3.48. The maximum Gasteiger partial charge on any atom is 0.333 e. The molecule has 0 bridgehead atoms. The lowest BCUT2D eigenvalue weighted by atomic mass is 9.93. The molecule has 78 valence electrons. The molecule has 0 aromatic heterocycles. The molecule has 0 saturated carbocycles. The SMILES string of the molecule is CCOP1OC(C)(C)CC(C)(C)O1. The average molecular weight is 206 g/mol. The molecule has 13 heavy (non-hydrogen) atoms. The minimum Gasteiger partial charge on any atom is -0.313 e. The monoisotopic (exact) mass is 206 g/mol. The van der Waals surface area contributed by atoms with Crippen molar-refractivity contribution < 1.29 is 13.6 Å². The zero-order chi connectivity index (χ0) is 10.1. The van der Waals surface area contributed by atoms with Crippen LogP contribution in [0.1, 0.15) is 41.0 Å². The Kier molecular flexibility index (Phi) is 3.34. The van der Waals surface area contributed by atoms with Crippen LogP contribution in [0.3, 0.4) is 0 Å². The normalized spacial score (nSPS) is 27.5. The van der Waals surface area contributed by atoms with Crippen molar-refractivity contribution in [3.63, 3.8) is 0 Å². The van der Waals surface area contributed by atoms with Crippen LogP contribution in [0.5, 0.6) is 0 Å². The Morgan fingerprint density at radius 3 is 2.00 bits per heavy atom. The van der Waals surface area contributed by atoms with Gasteiger partial charge in [-0.2, -0.15) is 0 Å². The van der Waals surface area contributed by atoms with Crippen molar-refractivity contribution in [2.45, 2.75) is 52.2 Å². The summed E-state index contributed by atoms with van der Waals surface area (Å²) >= 11 is 0. The summed E-state index contributed by atoms with van der Waals surface area (Å²) in [7, 11) is -1.15. The van der Waals surface area contributed by atoms with Crippen LogP contribution >= 0.6 is 8.60 Å². The van der Waals surface area contributed by atoms with E-state index >= 15 is 0 Å². The average Bonchev–Trinajstić information content (AvgIpc) is 1.78. The van der Waals surface area contributed by atoms with Gasteiger partial charge < -0.3 is 13.6 Å². The molecule has 3 nitrogen and oxygen atoms in total. The van der Waals surface area contributed by atoms with Crippen LogP contribution in [0.15, 0.2) is 0 Å². The van der Waals surface area contributed by atoms with Crippen LogP contribution in [-0.4, -0.2) is 17.8 Å². The van der Waals surface area contributed by atoms with Crippen LogP contribution < -0.4 is 0 Å². The smallest absolute Gasteiger partial charge is 0.313 e. The van der Waals surface area contributed by atoms with E-state index in [9.17, 15) is 0 Å². The fraction of sp³-hybridized carbons (Fsp3) is 1.00. The van der Waals surface area contributed by atoms with Crippen LogP contribution in [0.2, 0.25) is 0 Å². The molecule has 0 aromatic rings. The predicted octanol–water partition coefficient (Wildman–Crippen LogP) is 3.24. The molecule has 1 fully saturated rings. The van der Waals surface area contributed by atoms with Gasteiger partial charge in [0, 0.05) is 6.42 Å². The molecule has 4 heteroatoms. The summed E-state index contributed by atoms with van der Waals surface area (Å²) in [5, 5.41) is 0. The van der Waals surface area contributed by atoms with Crippen LogP contribution in [0.4, 0.5) is 0 Å². The van der Waals surface area contributed by atoms with E-state index in [0.29, 0.717) is 6.61 Å². The second-order valence-corrected chi connectivity index (χ2v) is 5.59. The molecule has 0 aliphatic carbocycles. The zero-order valence-corrected chi connectivity index (χ0v) is 9.98. The lowest BCUT2D eigenvalue weighted by molar-refractivity contribution is -0.0685. The second-order valence-electron chi connectivity index (χ2n) is 4.52. The van der Waals surface area contributed by atoms with Gasteiger partial charge in [0.05, 0.1) is 17.8 Å². The number of hydrogen-bond donors (Lipinski definition) is 0. The van der Waals surface area contributed by atoms with Gasteiger partial charge >= 0.3 is 8.60 Å². The van der Waals surface area contributed by atoms with E-state index in [-0.39, 0.29) is 11.2 Å². The highest BCUT2D eigenvalue weighted by Crippen LogP contribution is 2.54. The van der Waals surface area contributed by atoms with Crippen molar-refractivity contribution in [3.05, 3.63) is 0 Å². The van der Waals surface area contributed by atoms with Gasteiger partial charge in [-0.05, 0) is 34.6 Å². The van der Waals surface area contributed by atoms with Gasteiger partial charge in [0.2, 0.25) is 0 Å². The van der Waals surface area contributed by atoms with E-state index in [1.807, 2.05) is 6.92 Å². The van der Waals surface area contributed by atoms with Crippen molar-refractivity contribution in [3.8, 4) is 0 Å². The first-order valence-corrected chi connectivity index (χ1v) is 5.75. The highest BCUT2D eigenvalue weighted by atomic mass is 31.2. The van der Waals surface area contributed by atoms with E-state index in [2.05, 4.69) is 27.7 Å². The summed E-state index contributed by atoms with van der Waals surface area (Å²) in [6, 6.07) is 0. The molecule has 0 unspecified atom stereocenters. The maximum absolute atomic E-state index is 5.67. The highest BCUT2D eigenvalue weighted by molar-refractivity contribution is 7.41. The first kappa shape index (κ1) is 11.4. The van der Waals surface area contributed by atoms with Crippen LogP contribution in [-0.2, 0) is 13.6 Å². The predicted molar refractivity (Wildman–Crippen MR) is 53.5 cm³/mol. The molecule has 0 aromatic carbocycles. The fourth-order valence-corrected chi connectivity index (χ4v) is 2.96. The molecular weight excluding hydrogens is 187 g/mol. The molecule has 1 heterocycles. The maximum atomic E-state index is 5.67. The first-order valence-electron chi connectivity index (χ1n) is 4.66. The Bertz CT molecular complexity index is 164. The van der Waals surface area contributed by atoms with Crippen molar-refractivity contribution in [1.29, 1.82) is 0 Å². The minimum atomic E-state index is -1.15. The highest BCUT2D eigenvalue weighted by Gasteiger charge is 2.41. The molecule has 0 radical (unpaired) electrons. The molecule has 0 spiro atoms. The van der Waals surface area contributed by atoms with Crippen molar-refractivity contribution >= 4 is 8.60 Å². The standard InChI is InChI=1S/C9H19O3P/c1-6-10-13-11-8(2,3)7-9(4,5)12-13/h6-7H2,1-5H3. The number of hydrogen-bond acceptors (Lipinski definition) is 3. The summed E-state index contributed by atoms with van der Waals surface area (Å²) < 4.78 is 16.7. The van der Waals surface area contributed by atoms with E-state index in [4.69, 9.17) is 13.6 Å². The van der Waals surface area contributed by atoms with Gasteiger partial charge in [0.25, 0.3) is 0 Å². The van der Waals surface area contributed by atoms with Gasteiger partial charge in [-0.15, -0.1) is 0 Å². The van der Waals surface area contributed by atoms with Crippen molar-refractivity contribution in [2.24, 2.45) is 0 Å². The Morgan fingerprint density at radius 2 is 1.62 bits per heavy atom. The molecule has 0 atom stereocenters. The third-order valence-electron chi connectivity index (χ3n) is 1.73. The topological polar surface area (TPSA) is 27.7 Å². The van der Waals surface area contributed by atoms with Gasteiger partial charge in [-0.25, -0.2) is 0 Å². The van der Waals surface area contributed by atoms with E-state index in [1.54, 1.807) is 0 Å². The van der Waals surface area contributed by atoms with Crippen molar-refractivity contribution in [1.82, 2.24) is 0 Å². The molecule has 1 saturated heterocycles. The van der Waals surface area contributed by atoms with Gasteiger partial charge in [-0.1, -0.05) is 0 Å². The Labute approximate surface area is 81.8 Å². The molecular formula is C9H19O3P. The van der Waals surface area contributed by atoms with Crippen LogP contribution in [0.25, 0.3) is 0 Å². The Hall–Kier alpha value is 0.310. The number of rotatable bonds is 2. The summed E-state index contributed by atoms with van der Waals surface area (Å²) in [5.41, 5.74) is -0.273. The summed E-state index contributed by atoms with van der Waals surface area (Å²) in [6.45, 7) is 10.9. The zero-order valence-electron chi connectivity index (χ0n) is 9.09. The molecule has 1 aliphatic rings. The molecule has 1 aliphatic heterocycles. The lowest BCUT2D eigenvalue weighted by Crippen LogP contribution is -2.40. The molecule has 0 N–H and O–H groups in total. The quantitative estimate of drug-likeness (QED) is 0.649. The van der Waals surface area contributed by atoms with Gasteiger partial charge in [0.1, 0.15) is 0 Å². The minimum absolute atomic E-state index is 0.136. The van der Waals surface area contributed by atoms with E-state index in [0.717, 1.165) is 6.42 Å². The van der Waals surface area contributed by atoms with Gasteiger partial charge in [0.15, 0.2) is 0 Å². The lowest BCUT2D eigenvalue weighted by Gasteiger charge is -2.42. The Balaban J connectivity index is 2.61. The summed E-state index contributed by atoms with van der Waals surface area (Å²) in [4.78, 5) is 0. The van der Waals surface area contributed by atoms with Crippen LogP contribution in [0, 0.1) is 0 Å². The second kappa shape index (κ2) is 3.82. The Morgan fingerprint density at radius 1 is 1.15 bits per heavy atom. The van der Waals surface area contributed by atoms with E-state index < -0.39 is 8.60 Å². The van der Waals surface area contributed by atoms with Crippen molar-refractivity contribution in [2.75, 3.05) is 6.61 Å². The first-order chi connectivity index (χ1) is 5.85. The molecule has 1 rings (SSSR count). The van der Waals surface area contributed by atoms with E-state index in [1.165, 1.54) is 0 Å². The summed E-state index contributed by atoms with van der Waals surface area (Å²) in [6.07, 6.45) is 0.895. The molecule has 0 amide bonds. The largest absolute Gasteiger partial charge is 0.333 e.